The van der Waals surface area contributed by atoms with Crippen molar-refractivity contribution in [1.29, 1.82) is 0 Å². The molecule has 1 atom stereocenters. The van der Waals surface area contributed by atoms with E-state index in [0.717, 1.165) is 6.42 Å². The summed E-state index contributed by atoms with van der Waals surface area (Å²) >= 11 is 0. The number of alkyl halides is 3. The van der Waals surface area contributed by atoms with Gasteiger partial charge in [-0.3, -0.25) is 9.67 Å². The molecular weight excluding hydrogens is 375 g/mol. The van der Waals surface area contributed by atoms with Gasteiger partial charge >= 0.3 is 6.18 Å². The Labute approximate surface area is 161 Å². The molecule has 1 unspecified atom stereocenters. The zero-order valence-electron chi connectivity index (χ0n) is 15.9. The van der Waals surface area contributed by atoms with Gasteiger partial charge in [-0.1, -0.05) is 0 Å². The predicted molar refractivity (Wildman–Crippen MR) is 98.6 cm³/mol. The summed E-state index contributed by atoms with van der Waals surface area (Å²) in [4.78, 5) is 8.03. The first-order valence-electron chi connectivity index (χ1n) is 9.04. The second-order valence-corrected chi connectivity index (χ2v) is 6.28. The van der Waals surface area contributed by atoms with Crippen LogP contribution in [0, 0.1) is 0 Å². The second kappa shape index (κ2) is 9.58. The van der Waals surface area contributed by atoms with Crippen LogP contribution in [0.25, 0.3) is 0 Å². The van der Waals surface area contributed by atoms with Crippen LogP contribution in [0.5, 0.6) is 0 Å². The molecule has 156 valence electrons. The quantitative estimate of drug-likeness (QED) is 0.336. The highest BCUT2D eigenvalue weighted by Crippen LogP contribution is 2.40. The van der Waals surface area contributed by atoms with Gasteiger partial charge in [0.05, 0.1) is 0 Å². The molecule has 11 heteroatoms. The SMILES string of the molecule is CCNC(=NCCCn1cccn1)NCCC(O)(c1nccn1C)C(F)(F)F. The fourth-order valence-electron chi connectivity index (χ4n) is 2.70. The molecule has 2 heterocycles. The number of imidazole rings is 1. The van der Waals surface area contributed by atoms with E-state index in [0.29, 0.717) is 25.6 Å². The van der Waals surface area contributed by atoms with Gasteiger partial charge in [0.15, 0.2) is 5.96 Å². The maximum absolute atomic E-state index is 13.5. The Morgan fingerprint density at radius 3 is 2.61 bits per heavy atom. The van der Waals surface area contributed by atoms with Gasteiger partial charge in [-0.25, -0.2) is 4.98 Å². The molecule has 3 N–H and O–H groups in total. The largest absolute Gasteiger partial charge is 0.424 e. The van der Waals surface area contributed by atoms with Crippen molar-refractivity contribution >= 4 is 5.96 Å². The summed E-state index contributed by atoms with van der Waals surface area (Å²) in [7, 11) is 1.41. The number of aromatic nitrogens is 4. The molecule has 2 rings (SSSR count). The van der Waals surface area contributed by atoms with Crippen molar-refractivity contribution in [1.82, 2.24) is 30.0 Å². The summed E-state index contributed by atoms with van der Waals surface area (Å²) in [6.45, 7) is 3.48. The Bertz CT molecular complexity index is 742. The highest BCUT2D eigenvalue weighted by molar-refractivity contribution is 5.79. The van der Waals surface area contributed by atoms with Gasteiger partial charge < -0.3 is 20.3 Å². The molecular formula is C17H26F3N7O. The minimum Gasteiger partial charge on any atom is -0.374 e. The molecule has 0 aliphatic heterocycles. The van der Waals surface area contributed by atoms with Crippen LogP contribution in [0.3, 0.4) is 0 Å². The molecule has 0 radical (unpaired) electrons. The van der Waals surface area contributed by atoms with E-state index in [1.54, 1.807) is 10.9 Å². The smallest absolute Gasteiger partial charge is 0.374 e. The molecule has 0 saturated carbocycles. The van der Waals surface area contributed by atoms with E-state index in [9.17, 15) is 18.3 Å². The van der Waals surface area contributed by atoms with Crippen molar-refractivity contribution in [3.63, 3.8) is 0 Å². The van der Waals surface area contributed by atoms with Crippen molar-refractivity contribution in [2.45, 2.75) is 38.1 Å². The third-order valence-electron chi connectivity index (χ3n) is 4.16. The molecule has 0 saturated heterocycles. The molecule has 0 aliphatic carbocycles. The average molecular weight is 401 g/mol. The topological polar surface area (TPSA) is 92.3 Å². The summed E-state index contributed by atoms with van der Waals surface area (Å²) in [5, 5.41) is 20.3. The van der Waals surface area contributed by atoms with Gasteiger partial charge in [0.25, 0.3) is 0 Å². The monoisotopic (exact) mass is 401 g/mol. The van der Waals surface area contributed by atoms with Gasteiger partial charge in [-0.15, -0.1) is 0 Å². The van der Waals surface area contributed by atoms with Gasteiger partial charge in [-0.05, 0) is 19.4 Å². The third-order valence-corrected chi connectivity index (χ3v) is 4.16. The summed E-state index contributed by atoms with van der Waals surface area (Å²) in [5.74, 6) is -0.0460. The molecule has 8 nitrogen and oxygen atoms in total. The molecule has 0 aliphatic rings. The Morgan fingerprint density at radius 1 is 1.25 bits per heavy atom. The Hall–Kier alpha value is -2.56. The lowest BCUT2D eigenvalue weighted by Crippen LogP contribution is -2.48. The first-order valence-corrected chi connectivity index (χ1v) is 9.04. The van der Waals surface area contributed by atoms with Crippen LogP contribution in [0.15, 0.2) is 35.8 Å². The minimum absolute atomic E-state index is 0.131. The molecule has 0 bridgehead atoms. The molecule has 0 aromatic carbocycles. The fraction of sp³-hybridized carbons (Fsp3) is 0.588. The maximum Gasteiger partial charge on any atom is 0.424 e. The standard InChI is InChI=1S/C17H26F3N7O/c1-3-21-15(23-7-4-11-27-12-5-8-25-27)24-9-6-16(28,17(18,19)20)14-22-10-13-26(14)2/h5,8,10,12-13,28H,3-4,6-7,9,11H2,1-2H3,(H2,21,23,24). The number of aliphatic imine (C=N–C) groups is 1. The van der Waals surface area contributed by atoms with Crippen molar-refractivity contribution < 1.29 is 18.3 Å². The number of rotatable bonds is 9. The van der Waals surface area contributed by atoms with E-state index in [2.05, 4.69) is 25.7 Å². The maximum atomic E-state index is 13.5. The normalized spacial score (nSPS) is 14.7. The molecule has 2 aromatic rings. The predicted octanol–water partition coefficient (Wildman–Crippen LogP) is 1.40. The number of nitrogens with one attached hydrogen (secondary N) is 2. The highest BCUT2D eigenvalue weighted by Gasteiger charge is 2.57. The number of guanidine groups is 1. The van der Waals surface area contributed by atoms with Crippen LogP contribution in [0.2, 0.25) is 0 Å². The van der Waals surface area contributed by atoms with Crippen LogP contribution < -0.4 is 10.6 Å². The van der Waals surface area contributed by atoms with Gasteiger partial charge in [0, 0.05) is 64.4 Å². The highest BCUT2D eigenvalue weighted by atomic mass is 19.4. The Balaban J connectivity index is 1.93. The summed E-state index contributed by atoms with van der Waals surface area (Å²) in [6, 6.07) is 1.83. The zero-order chi connectivity index (χ0) is 20.6. The zero-order valence-corrected chi connectivity index (χ0v) is 15.9. The number of nitrogens with zero attached hydrogens (tertiary/aromatic N) is 5. The molecule has 0 spiro atoms. The number of aryl methyl sites for hydroxylation is 2. The third kappa shape index (κ3) is 5.47. The van der Waals surface area contributed by atoms with Crippen LogP contribution in [0.4, 0.5) is 13.2 Å². The summed E-state index contributed by atoms with van der Waals surface area (Å²) in [5.41, 5.74) is -3.05. The van der Waals surface area contributed by atoms with E-state index in [-0.39, 0.29) is 6.54 Å². The van der Waals surface area contributed by atoms with Crippen LogP contribution in [-0.4, -0.2) is 56.2 Å². The number of hydrogen-bond acceptors (Lipinski definition) is 4. The lowest BCUT2D eigenvalue weighted by atomic mass is 9.97. The van der Waals surface area contributed by atoms with Crippen molar-refractivity contribution in [2.24, 2.45) is 12.0 Å². The van der Waals surface area contributed by atoms with Crippen LogP contribution in [0.1, 0.15) is 25.6 Å². The summed E-state index contributed by atoms with van der Waals surface area (Å²) < 4.78 is 43.5. The van der Waals surface area contributed by atoms with Crippen LogP contribution >= 0.6 is 0 Å². The lowest BCUT2D eigenvalue weighted by molar-refractivity contribution is -0.272. The first-order chi connectivity index (χ1) is 13.3. The van der Waals surface area contributed by atoms with Gasteiger partial charge in [0.2, 0.25) is 5.60 Å². The Kier molecular flexibility index (Phi) is 7.44. The van der Waals surface area contributed by atoms with E-state index in [1.165, 1.54) is 24.0 Å². The van der Waals surface area contributed by atoms with Crippen molar-refractivity contribution in [3.8, 4) is 0 Å². The van der Waals surface area contributed by atoms with E-state index >= 15 is 0 Å². The first kappa shape index (κ1) is 21.7. The molecule has 0 amide bonds. The molecule has 0 fully saturated rings. The Morgan fingerprint density at radius 2 is 2.04 bits per heavy atom. The van der Waals surface area contributed by atoms with Gasteiger partial charge in [0.1, 0.15) is 5.82 Å². The van der Waals surface area contributed by atoms with Crippen LogP contribution in [-0.2, 0) is 19.2 Å². The second-order valence-electron chi connectivity index (χ2n) is 6.28. The minimum atomic E-state index is -4.85. The fourth-order valence-corrected chi connectivity index (χ4v) is 2.70. The van der Waals surface area contributed by atoms with Crippen molar-refractivity contribution in [3.05, 3.63) is 36.7 Å². The van der Waals surface area contributed by atoms with E-state index in [1.807, 2.05) is 19.2 Å². The number of hydrogen-bond donors (Lipinski definition) is 3. The molecule has 28 heavy (non-hydrogen) atoms. The van der Waals surface area contributed by atoms with E-state index < -0.39 is 24.0 Å². The lowest BCUT2D eigenvalue weighted by Gasteiger charge is -2.30. The number of halogens is 3. The number of aliphatic hydroxyl groups is 1. The van der Waals surface area contributed by atoms with Gasteiger partial charge in [-0.2, -0.15) is 18.3 Å². The molecule has 2 aromatic heterocycles. The average Bonchev–Trinajstić information content (AvgIpc) is 3.29. The van der Waals surface area contributed by atoms with Crippen molar-refractivity contribution in [2.75, 3.05) is 19.6 Å². The van der Waals surface area contributed by atoms with E-state index in [4.69, 9.17) is 0 Å². The summed E-state index contributed by atoms with van der Waals surface area (Å²) in [6.07, 6.45) is 1.42.